The molecule has 5 rings (SSSR count). The molecule has 4 heteroatoms. The Morgan fingerprint density at radius 3 is 2.88 bits per heavy atom. The molecule has 1 aromatic rings. The molecule has 0 aromatic heterocycles. The van der Waals surface area contributed by atoms with E-state index in [0.29, 0.717) is 12.3 Å². The van der Waals surface area contributed by atoms with Crippen molar-refractivity contribution in [2.75, 3.05) is 13.3 Å². The number of benzene rings is 1. The highest BCUT2D eigenvalue weighted by molar-refractivity contribution is 5.97. The fourth-order valence-electron chi connectivity index (χ4n) is 5.10. The van der Waals surface area contributed by atoms with Crippen molar-refractivity contribution in [2.24, 2.45) is 17.8 Å². The van der Waals surface area contributed by atoms with Crippen LogP contribution in [0.1, 0.15) is 43.2 Å². The zero-order valence-electron chi connectivity index (χ0n) is 13.8. The second-order valence-electron chi connectivity index (χ2n) is 7.70. The van der Waals surface area contributed by atoms with E-state index in [-0.39, 0.29) is 12.6 Å². The van der Waals surface area contributed by atoms with Gasteiger partial charge in [-0.15, -0.1) is 0 Å². The molecular weight excluding hydrogens is 302 g/mol. The number of allylic oxidation sites excluding steroid dienone is 1. The Hall–Kier alpha value is -1.97. The van der Waals surface area contributed by atoms with Gasteiger partial charge in [0.2, 0.25) is 6.79 Å². The minimum absolute atomic E-state index is 0.264. The van der Waals surface area contributed by atoms with Crippen molar-refractivity contribution in [1.29, 1.82) is 0 Å². The van der Waals surface area contributed by atoms with Crippen LogP contribution in [-0.2, 0) is 11.2 Å². The maximum absolute atomic E-state index is 12.6. The minimum atomic E-state index is 0.264. The lowest BCUT2D eigenvalue weighted by Crippen LogP contribution is -2.24. The van der Waals surface area contributed by atoms with Gasteiger partial charge < -0.3 is 14.8 Å². The van der Waals surface area contributed by atoms with Crippen LogP contribution in [0, 0.1) is 17.8 Å². The lowest BCUT2D eigenvalue weighted by Gasteiger charge is -2.23. The van der Waals surface area contributed by atoms with Crippen molar-refractivity contribution in [2.45, 2.75) is 38.5 Å². The number of ether oxygens (including phenoxy) is 2. The summed E-state index contributed by atoms with van der Waals surface area (Å²) in [6.07, 6.45) is 8.84. The summed E-state index contributed by atoms with van der Waals surface area (Å²) >= 11 is 0. The first-order chi connectivity index (χ1) is 11.8. The van der Waals surface area contributed by atoms with Gasteiger partial charge in [0.1, 0.15) is 0 Å². The first-order valence-corrected chi connectivity index (χ1v) is 9.17. The first kappa shape index (κ1) is 14.4. The van der Waals surface area contributed by atoms with E-state index in [1.165, 1.54) is 31.2 Å². The summed E-state index contributed by atoms with van der Waals surface area (Å²) in [5.74, 6) is 4.19. The van der Waals surface area contributed by atoms with E-state index in [4.69, 9.17) is 9.47 Å². The Morgan fingerprint density at radius 2 is 2.08 bits per heavy atom. The number of carbonyl (C=O) groups excluding carboxylic acids is 1. The molecule has 24 heavy (non-hydrogen) atoms. The van der Waals surface area contributed by atoms with Gasteiger partial charge in [-0.1, -0.05) is 6.42 Å². The zero-order chi connectivity index (χ0) is 16.1. The molecule has 2 saturated carbocycles. The first-order valence-electron chi connectivity index (χ1n) is 9.17. The van der Waals surface area contributed by atoms with Crippen LogP contribution >= 0.6 is 0 Å². The molecule has 2 aliphatic carbocycles. The van der Waals surface area contributed by atoms with Crippen LogP contribution in [0.2, 0.25) is 0 Å². The third kappa shape index (κ3) is 2.40. The molecule has 0 amide bonds. The summed E-state index contributed by atoms with van der Waals surface area (Å²) in [7, 11) is 0. The SMILES string of the molecule is O=C(/C=C1\NCCc2cc3c(cc21)OCO3)CC1CC2CCC1C2. The van der Waals surface area contributed by atoms with Gasteiger partial charge in [0, 0.05) is 30.3 Å². The van der Waals surface area contributed by atoms with E-state index in [1.807, 2.05) is 12.1 Å². The molecule has 2 fully saturated rings. The summed E-state index contributed by atoms with van der Waals surface area (Å²) in [5.41, 5.74) is 3.27. The van der Waals surface area contributed by atoms with Crippen LogP contribution in [0.3, 0.4) is 0 Å². The molecule has 0 spiro atoms. The highest BCUT2D eigenvalue weighted by Crippen LogP contribution is 2.49. The Morgan fingerprint density at radius 1 is 1.21 bits per heavy atom. The quantitative estimate of drug-likeness (QED) is 0.866. The maximum Gasteiger partial charge on any atom is 0.231 e. The Bertz CT molecular complexity index is 724. The van der Waals surface area contributed by atoms with Crippen molar-refractivity contribution >= 4 is 11.5 Å². The van der Waals surface area contributed by atoms with Gasteiger partial charge >= 0.3 is 0 Å². The monoisotopic (exact) mass is 325 g/mol. The van der Waals surface area contributed by atoms with E-state index in [9.17, 15) is 4.79 Å². The molecule has 126 valence electrons. The highest BCUT2D eigenvalue weighted by atomic mass is 16.7. The third-order valence-electron chi connectivity index (χ3n) is 6.25. The Balaban J connectivity index is 1.37. The zero-order valence-corrected chi connectivity index (χ0v) is 13.8. The largest absolute Gasteiger partial charge is 0.454 e. The summed E-state index contributed by atoms with van der Waals surface area (Å²) < 4.78 is 11.0. The number of nitrogens with one attached hydrogen (secondary N) is 1. The van der Waals surface area contributed by atoms with Gasteiger partial charge in [-0.2, -0.15) is 0 Å². The fraction of sp³-hybridized carbons (Fsp3) is 0.550. The van der Waals surface area contributed by atoms with Crippen LogP contribution < -0.4 is 14.8 Å². The second kappa shape index (κ2) is 5.54. The number of rotatable bonds is 3. The van der Waals surface area contributed by atoms with Crippen LogP contribution in [-0.4, -0.2) is 19.1 Å². The van der Waals surface area contributed by atoms with Crippen LogP contribution in [0.5, 0.6) is 11.5 Å². The fourth-order valence-corrected chi connectivity index (χ4v) is 5.10. The predicted octanol–water partition coefficient (Wildman–Crippen LogP) is 3.30. The number of ketones is 1. The lowest BCUT2D eigenvalue weighted by molar-refractivity contribution is -0.115. The number of hydrogen-bond donors (Lipinski definition) is 1. The van der Waals surface area contributed by atoms with E-state index in [2.05, 4.69) is 11.4 Å². The molecule has 4 nitrogen and oxygen atoms in total. The van der Waals surface area contributed by atoms with E-state index < -0.39 is 0 Å². The van der Waals surface area contributed by atoms with Gasteiger partial charge in [0.05, 0.1) is 0 Å². The molecule has 2 aliphatic heterocycles. The standard InChI is InChI=1S/C20H23NO3/c22-16(7-15-6-12-1-2-13(15)5-12)9-18-17-10-20-19(23-11-24-20)8-14(17)3-4-21-18/h8-10,12-13,15,21H,1-7,11H2/b18-9-. The van der Waals surface area contributed by atoms with E-state index >= 15 is 0 Å². The Labute approximate surface area is 142 Å². The molecule has 1 N–H and O–H groups in total. The van der Waals surface area contributed by atoms with Gasteiger partial charge in [-0.3, -0.25) is 4.79 Å². The smallest absolute Gasteiger partial charge is 0.231 e. The molecule has 0 radical (unpaired) electrons. The molecule has 2 heterocycles. The van der Waals surface area contributed by atoms with Crippen LogP contribution in [0.25, 0.3) is 5.70 Å². The third-order valence-corrected chi connectivity index (χ3v) is 6.25. The van der Waals surface area contributed by atoms with Crippen molar-refractivity contribution < 1.29 is 14.3 Å². The second-order valence-corrected chi connectivity index (χ2v) is 7.70. The maximum atomic E-state index is 12.6. The summed E-state index contributed by atoms with van der Waals surface area (Å²) in [4.78, 5) is 12.6. The van der Waals surface area contributed by atoms with Crippen molar-refractivity contribution in [3.8, 4) is 11.5 Å². The normalized spacial score (nSPS) is 31.2. The number of carbonyl (C=O) groups is 1. The minimum Gasteiger partial charge on any atom is -0.454 e. The van der Waals surface area contributed by atoms with E-state index in [1.54, 1.807) is 0 Å². The molecule has 3 atom stereocenters. The van der Waals surface area contributed by atoms with Gasteiger partial charge in [-0.05, 0) is 61.1 Å². The summed E-state index contributed by atoms with van der Waals surface area (Å²) in [6.45, 7) is 1.15. The van der Waals surface area contributed by atoms with E-state index in [0.717, 1.165) is 47.6 Å². The molecule has 4 aliphatic rings. The predicted molar refractivity (Wildman–Crippen MR) is 90.8 cm³/mol. The van der Waals surface area contributed by atoms with Gasteiger partial charge in [0.15, 0.2) is 17.3 Å². The summed E-state index contributed by atoms with van der Waals surface area (Å²) in [5, 5.41) is 3.40. The summed E-state index contributed by atoms with van der Waals surface area (Å²) in [6, 6.07) is 4.08. The lowest BCUT2D eigenvalue weighted by atomic mass is 9.85. The van der Waals surface area contributed by atoms with Gasteiger partial charge in [0.25, 0.3) is 0 Å². The Kier molecular flexibility index (Phi) is 3.32. The molecule has 3 unspecified atom stereocenters. The number of hydrogen-bond acceptors (Lipinski definition) is 4. The van der Waals surface area contributed by atoms with Gasteiger partial charge in [-0.25, -0.2) is 0 Å². The average Bonchev–Trinajstić information content (AvgIpc) is 3.29. The molecule has 0 saturated heterocycles. The number of fused-ring (bicyclic) bond motifs is 4. The average molecular weight is 325 g/mol. The molecule has 2 bridgehead atoms. The molecule has 1 aromatic carbocycles. The highest BCUT2D eigenvalue weighted by Gasteiger charge is 2.39. The van der Waals surface area contributed by atoms with Crippen molar-refractivity contribution in [3.63, 3.8) is 0 Å². The topological polar surface area (TPSA) is 47.6 Å². The van der Waals surface area contributed by atoms with Crippen molar-refractivity contribution in [1.82, 2.24) is 5.32 Å². The van der Waals surface area contributed by atoms with Crippen LogP contribution in [0.4, 0.5) is 0 Å². The van der Waals surface area contributed by atoms with Crippen LogP contribution in [0.15, 0.2) is 18.2 Å². The van der Waals surface area contributed by atoms with Crippen molar-refractivity contribution in [3.05, 3.63) is 29.3 Å². The molecular formula is C20H23NO3.